The van der Waals surface area contributed by atoms with Crippen LogP contribution in [-0.4, -0.2) is 41.2 Å². The molecular formula is C14H15Cl2NO6. The van der Waals surface area contributed by atoms with Gasteiger partial charge < -0.3 is 20.3 Å². The number of benzene rings is 1. The quantitative estimate of drug-likeness (QED) is 0.653. The normalized spacial score (nSPS) is 11.6. The van der Waals surface area contributed by atoms with E-state index in [1.54, 1.807) is 0 Å². The Labute approximate surface area is 142 Å². The van der Waals surface area contributed by atoms with Gasteiger partial charge in [0.2, 0.25) is 0 Å². The maximum atomic E-state index is 12.3. The number of rotatable bonds is 8. The minimum Gasteiger partial charge on any atom is -0.494 e. The highest BCUT2D eigenvalue weighted by atomic mass is 35.5. The molecule has 9 heteroatoms. The monoisotopic (exact) mass is 363 g/mol. The van der Waals surface area contributed by atoms with Crippen molar-refractivity contribution in [1.82, 2.24) is 5.32 Å². The highest BCUT2D eigenvalue weighted by molar-refractivity contribution is 6.37. The zero-order valence-electron chi connectivity index (χ0n) is 12.1. The van der Waals surface area contributed by atoms with E-state index in [-0.39, 0.29) is 40.6 Å². The van der Waals surface area contributed by atoms with E-state index in [0.29, 0.717) is 0 Å². The molecule has 7 nitrogen and oxygen atoms in total. The molecule has 0 saturated heterocycles. The van der Waals surface area contributed by atoms with Gasteiger partial charge in [-0.05, 0) is 25.0 Å². The van der Waals surface area contributed by atoms with Crippen LogP contribution < -0.4 is 10.1 Å². The first-order chi connectivity index (χ1) is 10.8. The van der Waals surface area contributed by atoms with Crippen molar-refractivity contribution >= 4 is 41.0 Å². The third kappa shape index (κ3) is 5.30. The lowest BCUT2D eigenvalue weighted by atomic mass is 10.1. The second-order valence-corrected chi connectivity index (χ2v) is 5.40. The summed E-state index contributed by atoms with van der Waals surface area (Å²) in [5.41, 5.74) is -0.0776. The molecule has 0 aromatic heterocycles. The van der Waals surface area contributed by atoms with Gasteiger partial charge in [-0.15, -0.1) is 0 Å². The molecule has 0 aliphatic rings. The van der Waals surface area contributed by atoms with Crippen molar-refractivity contribution in [3.63, 3.8) is 0 Å². The molecule has 0 aliphatic heterocycles. The molecule has 1 amide bonds. The lowest BCUT2D eigenvalue weighted by Gasteiger charge is -2.16. The van der Waals surface area contributed by atoms with Crippen LogP contribution in [0.1, 0.15) is 29.6 Å². The summed E-state index contributed by atoms with van der Waals surface area (Å²) in [6.07, 6.45) is -0.123. The number of hydrogen-bond acceptors (Lipinski definition) is 4. The first-order valence-electron chi connectivity index (χ1n) is 6.55. The van der Waals surface area contributed by atoms with Crippen LogP contribution in [0.2, 0.25) is 10.0 Å². The number of aliphatic carboxylic acids is 2. The minimum atomic E-state index is -1.28. The molecule has 0 spiro atoms. The van der Waals surface area contributed by atoms with Crippen molar-refractivity contribution in [2.24, 2.45) is 0 Å². The molecule has 0 saturated carbocycles. The number of carbonyl (C=O) groups excluding carboxylic acids is 1. The third-order valence-electron chi connectivity index (χ3n) is 2.98. The van der Waals surface area contributed by atoms with Gasteiger partial charge in [0.15, 0.2) is 5.75 Å². The standard InChI is InChI=1S/C14H15Cl2NO6/c1-23-12-8(16)6-5-7(15)11(12)13(20)17-9(14(21)22)3-2-4-10(18)19/h5-6,9H,2-4H2,1H3,(H,17,20)(H,18,19)(H,21,22). The summed E-state index contributed by atoms with van der Waals surface area (Å²) < 4.78 is 5.03. The lowest BCUT2D eigenvalue weighted by Crippen LogP contribution is -2.41. The summed E-state index contributed by atoms with van der Waals surface area (Å²) >= 11 is 11.9. The molecular weight excluding hydrogens is 349 g/mol. The smallest absolute Gasteiger partial charge is 0.326 e. The van der Waals surface area contributed by atoms with Gasteiger partial charge in [-0.3, -0.25) is 9.59 Å². The van der Waals surface area contributed by atoms with Crippen LogP contribution in [0.5, 0.6) is 5.75 Å². The van der Waals surface area contributed by atoms with Gasteiger partial charge in [-0.2, -0.15) is 0 Å². The van der Waals surface area contributed by atoms with Crippen molar-refractivity contribution in [3.8, 4) is 5.75 Å². The second kappa shape index (κ2) is 8.59. The fourth-order valence-electron chi connectivity index (χ4n) is 1.89. The molecule has 1 unspecified atom stereocenters. The van der Waals surface area contributed by atoms with Crippen molar-refractivity contribution in [1.29, 1.82) is 0 Å². The van der Waals surface area contributed by atoms with Crippen LogP contribution >= 0.6 is 23.2 Å². The number of halogens is 2. The molecule has 23 heavy (non-hydrogen) atoms. The Kier molecular flexibility index (Phi) is 7.12. The molecule has 1 aromatic rings. The summed E-state index contributed by atoms with van der Waals surface area (Å²) in [5.74, 6) is -3.05. The molecule has 126 valence electrons. The van der Waals surface area contributed by atoms with E-state index in [1.165, 1.54) is 19.2 Å². The lowest BCUT2D eigenvalue weighted by molar-refractivity contribution is -0.140. The Bertz CT molecular complexity index is 620. The van der Waals surface area contributed by atoms with Crippen LogP contribution in [0.25, 0.3) is 0 Å². The summed E-state index contributed by atoms with van der Waals surface area (Å²) in [7, 11) is 1.30. The molecule has 0 bridgehead atoms. The molecule has 0 fully saturated rings. The Morgan fingerprint density at radius 2 is 1.83 bits per heavy atom. The van der Waals surface area contributed by atoms with Gasteiger partial charge in [-0.1, -0.05) is 23.2 Å². The number of carboxylic acid groups (broad SMARTS) is 2. The zero-order chi connectivity index (χ0) is 17.6. The highest BCUT2D eigenvalue weighted by Crippen LogP contribution is 2.33. The van der Waals surface area contributed by atoms with E-state index in [2.05, 4.69) is 5.32 Å². The van der Waals surface area contributed by atoms with Crippen molar-refractivity contribution < 1.29 is 29.3 Å². The Hall–Kier alpha value is -1.99. The fourth-order valence-corrected chi connectivity index (χ4v) is 2.36. The van der Waals surface area contributed by atoms with Gasteiger partial charge >= 0.3 is 11.9 Å². The van der Waals surface area contributed by atoms with Crippen LogP contribution in [0.15, 0.2) is 12.1 Å². The molecule has 1 atom stereocenters. The largest absolute Gasteiger partial charge is 0.494 e. The van der Waals surface area contributed by atoms with Crippen molar-refractivity contribution in [3.05, 3.63) is 27.7 Å². The summed E-state index contributed by atoms with van der Waals surface area (Å²) in [6, 6.07) is 1.59. The molecule has 0 heterocycles. The molecule has 1 rings (SSSR count). The summed E-state index contributed by atoms with van der Waals surface area (Å²) in [6.45, 7) is 0. The van der Waals surface area contributed by atoms with Gasteiger partial charge in [0.1, 0.15) is 11.6 Å². The number of carbonyl (C=O) groups is 3. The van der Waals surface area contributed by atoms with E-state index in [1.807, 2.05) is 0 Å². The Balaban J connectivity index is 2.93. The first-order valence-corrected chi connectivity index (χ1v) is 7.31. The fraction of sp³-hybridized carbons (Fsp3) is 0.357. The number of hydrogen-bond donors (Lipinski definition) is 3. The Morgan fingerprint density at radius 1 is 1.22 bits per heavy atom. The van der Waals surface area contributed by atoms with E-state index in [4.69, 9.17) is 38.2 Å². The Morgan fingerprint density at radius 3 is 2.35 bits per heavy atom. The van der Waals surface area contributed by atoms with Crippen molar-refractivity contribution in [2.45, 2.75) is 25.3 Å². The highest BCUT2D eigenvalue weighted by Gasteiger charge is 2.25. The topological polar surface area (TPSA) is 113 Å². The van der Waals surface area contributed by atoms with Crippen LogP contribution in [-0.2, 0) is 9.59 Å². The average Bonchev–Trinajstić information content (AvgIpc) is 2.47. The number of ether oxygens (including phenoxy) is 1. The predicted octanol–water partition coefficient (Wildman–Crippen LogP) is 2.44. The van der Waals surface area contributed by atoms with Gasteiger partial charge in [0, 0.05) is 6.42 Å². The predicted molar refractivity (Wildman–Crippen MR) is 83.4 cm³/mol. The maximum absolute atomic E-state index is 12.3. The molecule has 0 aliphatic carbocycles. The third-order valence-corrected chi connectivity index (χ3v) is 3.59. The number of carboxylic acids is 2. The molecule has 0 radical (unpaired) electrons. The van der Waals surface area contributed by atoms with Gasteiger partial charge in [0.25, 0.3) is 5.91 Å². The van der Waals surface area contributed by atoms with E-state index < -0.39 is 23.9 Å². The second-order valence-electron chi connectivity index (χ2n) is 4.59. The molecule has 3 N–H and O–H groups in total. The maximum Gasteiger partial charge on any atom is 0.326 e. The van der Waals surface area contributed by atoms with Gasteiger partial charge in [-0.25, -0.2) is 4.79 Å². The zero-order valence-corrected chi connectivity index (χ0v) is 13.6. The first kappa shape index (κ1) is 19.1. The number of methoxy groups -OCH3 is 1. The SMILES string of the molecule is COc1c(Cl)ccc(Cl)c1C(=O)NC(CCCC(=O)O)C(=O)O. The van der Waals surface area contributed by atoms with Crippen molar-refractivity contribution in [2.75, 3.05) is 7.11 Å². The summed E-state index contributed by atoms with van der Waals surface area (Å²) in [4.78, 5) is 34.0. The van der Waals surface area contributed by atoms with Crippen LogP contribution in [0, 0.1) is 0 Å². The number of amides is 1. The number of nitrogens with one attached hydrogen (secondary N) is 1. The van der Waals surface area contributed by atoms with E-state index >= 15 is 0 Å². The van der Waals surface area contributed by atoms with E-state index in [0.717, 1.165) is 0 Å². The minimum absolute atomic E-state index is 0.0336. The van der Waals surface area contributed by atoms with E-state index in [9.17, 15) is 14.4 Å². The molecule has 1 aromatic carbocycles. The van der Waals surface area contributed by atoms with Gasteiger partial charge in [0.05, 0.1) is 17.2 Å². The average molecular weight is 364 g/mol. The summed E-state index contributed by atoms with van der Waals surface area (Å²) in [5, 5.41) is 20.2. The van der Waals surface area contributed by atoms with Crippen LogP contribution in [0.3, 0.4) is 0 Å². The van der Waals surface area contributed by atoms with Crippen LogP contribution in [0.4, 0.5) is 0 Å².